The highest BCUT2D eigenvalue weighted by Gasteiger charge is 2.06. The summed E-state index contributed by atoms with van der Waals surface area (Å²) >= 11 is 0. The first-order valence-corrected chi connectivity index (χ1v) is 3.82. The lowest BCUT2D eigenvalue weighted by molar-refractivity contribution is 0.188. The third kappa shape index (κ3) is 3.64. The molecule has 0 rings (SSSR count). The summed E-state index contributed by atoms with van der Waals surface area (Å²) in [6.45, 7) is 3.99. The topological polar surface area (TPSA) is 46.2 Å². The predicted molar refractivity (Wildman–Crippen MR) is 43.7 cm³/mol. The van der Waals surface area contributed by atoms with Crippen LogP contribution in [0.2, 0.25) is 0 Å². The number of hydrogen-bond acceptors (Lipinski definition) is 2. The normalized spacial score (nSPS) is 17.6. The third-order valence-corrected chi connectivity index (χ3v) is 1.48. The molecule has 0 aliphatic rings. The van der Waals surface area contributed by atoms with Crippen LogP contribution in [0, 0.1) is 0 Å². The SMILES string of the molecule is CC/C=C/C(O)C(N)CC. The van der Waals surface area contributed by atoms with Gasteiger partial charge in [0.1, 0.15) is 0 Å². The maximum atomic E-state index is 9.24. The van der Waals surface area contributed by atoms with Crippen molar-refractivity contribution in [3.63, 3.8) is 0 Å². The van der Waals surface area contributed by atoms with E-state index < -0.39 is 6.10 Å². The standard InChI is InChI=1S/C8H17NO/c1-3-5-6-8(10)7(9)4-2/h5-8,10H,3-4,9H2,1-2H3/b6-5+. The molecule has 2 heteroatoms. The Morgan fingerprint density at radius 3 is 2.50 bits per heavy atom. The molecule has 0 fully saturated rings. The number of rotatable bonds is 4. The highest BCUT2D eigenvalue weighted by molar-refractivity contribution is 4.92. The molecule has 10 heavy (non-hydrogen) atoms. The van der Waals surface area contributed by atoms with Crippen LogP contribution in [0.25, 0.3) is 0 Å². The van der Waals surface area contributed by atoms with E-state index in [1.165, 1.54) is 0 Å². The molecule has 0 saturated heterocycles. The van der Waals surface area contributed by atoms with Crippen LogP contribution < -0.4 is 5.73 Å². The Bertz CT molecular complexity index is 101. The fourth-order valence-corrected chi connectivity index (χ4v) is 0.660. The van der Waals surface area contributed by atoms with Gasteiger partial charge in [0.25, 0.3) is 0 Å². The van der Waals surface area contributed by atoms with Crippen molar-refractivity contribution in [3.05, 3.63) is 12.2 Å². The lowest BCUT2D eigenvalue weighted by Gasteiger charge is -2.12. The molecule has 0 aromatic carbocycles. The second kappa shape index (κ2) is 5.45. The highest BCUT2D eigenvalue weighted by atomic mass is 16.3. The van der Waals surface area contributed by atoms with Crippen molar-refractivity contribution in [2.45, 2.75) is 38.8 Å². The summed E-state index contributed by atoms with van der Waals surface area (Å²) in [7, 11) is 0. The van der Waals surface area contributed by atoms with Gasteiger partial charge in [-0.15, -0.1) is 0 Å². The van der Waals surface area contributed by atoms with Gasteiger partial charge in [-0.3, -0.25) is 0 Å². The smallest absolute Gasteiger partial charge is 0.0871 e. The van der Waals surface area contributed by atoms with Crippen molar-refractivity contribution in [1.82, 2.24) is 0 Å². The molecule has 0 radical (unpaired) electrons. The minimum Gasteiger partial charge on any atom is -0.387 e. The van der Waals surface area contributed by atoms with Crippen molar-refractivity contribution in [3.8, 4) is 0 Å². The van der Waals surface area contributed by atoms with Gasteiger partial charge in [-0.25, -0.2) is 0 Å². The Kier molecular flexibility index (Phi) is 5.26. The van der Waals surface area contributed by atoms with Crippen molar-refractivity contribution in [2.75, 3.05) is 0 Å². The minimum absolute atomic E-state index is 0.109. The second-order valence-electron chi connectivity index (χ2n) is 2.40. The molecule has 0 heterocycles. The zero-order chi connectivity index (χ0) is 7.98. The summed E-state index contributed by atoms with van der Waals surface area (Å²) in [5.41, 5.74) is 5.56. The van der Waals surface area contributed by atoms with Crippen LogP contribution in [0.15, 0.2) is 12.2 Å². The average Bonchev–Trinajstić information content (AvgIpc) is 1.98. The van der Waals surface area contributed by atoms with Crippen LogP contribution in [0.1, 0.15) is 26.7 Å². The van der Waals surface area contributed by atoms with Crippen LogP contribution >= 0.6 is 0 Å². The quantitative estimate of drug-likeness (QED) is 0.578. The number of allylic oxidation sites excluding steroid dienone is 1. The second-order valence-corrected chi connectivity index (χ2v) is 2.40. The van der Waals surface area contributed by atoms with E-state index in [1.54, 1.807) is 6.08 Å². The highest BCUT2D eigenvalue weighted by Crippen LogP contribution is 1.97. The Hall–Kier alpha value is -0.340. The van der Waals surface area contributed by atoms with Crippen LogP contribution in [0.4, 0.5) is 0 Å². The molecule has 0 spiro atoms. The zero-order valence-electron chi connectivity index (χ0n) is 6.75. The van der Waals surface area contributed by atoms with Crippen molar-refractivity contribution in [2.24, 2.45) is 5.73 Å². The van der Waals surface area contributed by atoms with E-state index in [9.17, 15) is 5.11 Å². The van der Waals surface area contributed by atoms with Gasteiger partial charge in [0.05, 0.1) is 6.10 Å². The summed E-state index contributed by atoms with van der Waals surface area (Å²) in [6, 6.07) is -0.109. The summed E-state index contributed by atoms with van der Waals surface area (Å²) in [4.78, 5) is 0. The Morgan fingerprint density at radius 2 is 2.10 bits per heavy atom. The molecule has 0 bridgehead atoms. The molecule has 3 N–H and O–H groups in total. The first-order chi connectivity index (χ1) is 4.72. The lowest BCUT2D eigenvalue weighted by atomic mass is 10.1. The fourth-order valence-electron chi connectivity index (χ4n) is 0.660. The van der Waals surface area contributed by atoms with Gasteiger partial charge in [-0.2, -0.15) is 0 Å². The van der Waals surface area contributed by atoms with E-state index in [-0.39, 0.29) is 6.04 Å². The van der Waals surface area contributed by atoms with Gasteiger partial charge in [0, 0.05) is 6.04 Å². The molecule has 0 aromatic rings. The summed E-state index contributed by atoms with van der Waals surface area (Å²) in [5.74, 6) is 0. The number of aliphatic hydroxyl groups is 1. The van der Waals surface area contributed by atoms with Crippen LogP contribution in [-0.2, 0) is 0 Å². The Balaban J connectivity index is 3.60. The van der Waals surface area contributed by atoms with Crippen molar-refractivity contribution < 1.29 is 5.11 Å². The molecule has 0 aromatic heterocycles. The van der Waals surface area contributed by atoms with E-state index >= 15 is 0 Å². The summed E-state index contributed by atoms with van der Waals surface area (Å²) in [5, 5.41) is 9.24. The molecule has 60 valence electrons. The van der Waals surface area contributed by atoms with Gasteiger partial charge in [0.15, 0.2) is 0 Å². The predicted octanol–water partition coefficient (Wildman–Crippen LogP) is 1.05. The molecule has 0 aliphatic heterocycles. The minimum atomic E-state index is -0.468. The molecule has 2 atom stereocenters. The van der Waals surface area contributed by atoms with E-state index in [1.807, 2.05) is 19.9 Å². The van der Waals surface area contributed by atoms with E-state index in [4.69, 9.17) is 5.73 Å². The molecule has 2 nitrogen and oxygen atoms in total. The zero-order valence-corrected chi connectivity index (χ0v) is 6.75. The average molecular weight is 143 g/mol. The number of hydrogen-bond donors (Lipinski definition) is 2. The molecule has 0 amide bonds. The van der Waals surface area contributed by atoms with Gasteiger partial charge < -0.3 is 10.8 Å². The van der Waals surface area contributed by atoms with Gasteiger partial charge >= 0.3 is 0 Å². The largest absolute Gasteiger partial charge is 0.387 e. The van der Waals surface area contributed by atoms with Gasteiger partial charge in [-0.1, -0.05) is 26.0 Å². The molecule has 0 saturated carbocycles. The van der Waals surface area contributed by atoms with Crippen LogP contribution in [0.3, 0.4) is 0 Å². The lowest BCUT2D eigenvalue weighted by Crippen LogP contribution is -2.32. The maximum absolute atomic E-state index is 9.24. The number of nitrogens with two attached hydrogens (primary N) is 1. The molecular formula is C8H17NO. The Morgan fingerprint density at radius 1 is 1.50 bits per heavy atom. The monoisotopic (exact) mass is 143 g/mol. The van der Waals surface area contributed by atoms with Crippen LogP contribution in [-0.4, -0.2) is 17.3 Å². The van der Waals surface area contributed by atoms with Gasteiger partial charge in [0.2, 0.25) is 0 Å². The van der Waals surface area contributed by atoms with Gasteiger partial charge in [-0.05, 0) is 12.8 Å². The third-order valence-electron chi connectivity index (χ3n) is 1.48. The summed E-state index contributed by atoms with van der Waals surface area (Å²) in [6.07, 6.45) is 4.99. The van der Waals surface area contributed by atoms with Crippen molar-refractivity contribution in [1.29, 1.82) is 0 Å². The van der Waals surface area contributed by atoms with E-state index in [0.717, 1.165) is 12.8 Å². The van der Waals surface area contributed by atoms with E-state index in [2.05, 4.69) is 0 Å². The van der Waals surface area contributed by atoms with Crippen LogP contribution in [0.5, 0.6) is 0 Å². The first-order valence-electron chi connectivity index (χ1n) is 3.82. The summed E-state index contributed by atoms with van der Waals surface area (Å²) < 4.78 is 0. The molecule has 2 unspecified atom stereocenters. The Labute approximate surface area is 62.7 Å². The fraction of sp³-hybridized carbons (Fsp3) is 0.750. The number of aliphatic hydroxyl groups excluding tert-OH is 1. The maximum Gasteiger partial charge on any atom is 0.0871 e. The first kappa shape index (κ1) is 9.66. The molecular weight excluding hydrogens is 126 g/mol. The molecule has 0 aliphatic carbocycles. The van der Waals surface area contributed by atoms with E-state index in [0.29, 0.717) is 0 Å². The van der Waals surface area contributed by atoms with Crippen molar-refractivity contribution >= 4 is 0 Å².